The van der Waals surface area contributed by atoms with Crippen molar-refractivity contribution < 1.29 is 9.59 Å². The first-order chi connectivity index (χ1) is 9.59. The summed E-state index contributed by atoms with van der Waals surface area (Å²) in [6.07, 6.45) is 5.98. The number of rotatable bonds is 0. The largest absolute Gasteiger partial charge is 0.351 e. The van der Waals surface area contributed by atoms with E-state index in [0.29, 0.717) is 12.0 Å². The zero-order valence-electron chi connectivity index (χ0n) is 11.2. The number of Topliss-reactive ketones (excluding diaryl/α,β-unsaturated/α-hetero) is 1. The number of primary amides is 1. The van der Waals surface area contributed by atoms with E-state index in [1.807, 2.05) is 43.3 Å². The summed E-state index contributed by atoms with van der Waals surface area (Å²) in [6.45, 7) is 1.99. The van der Waals surface area contributed by atoms with Crippen molar-refractivity contribution in [3.05, 3.63) is 53.6 Å². The molecule has 1 aliphatic carbocycles. The summed E-state index contributed by atoms with van der Waals surface area (Å²) in [6, 6.07) is 6.62. The van der Waals surface area contributed by atoms with Gasteiger partial charge in [0.05, 0.1) is 6.04 Å². The quantitative estimate of drug-likeness (QED) is 0.784. The van der Waals surface area contributed by atoms with Crippen LogP contribution in [-0.4, -0.2) is 17.9 Å². The minimum absolute atomic E-state index is 0.0533. The fourth-order valence-electron chi connectivity index (χ4n) is 3.03. The summed E-state index contributed by atoms with van der Waals surface area (Å²) in [5, 5.41) is 0. The molecule has 0 fully saturated rings. The highest BCUT2D eigenvalue weighted by Gasteiger charge is 2.38. The average Bonchev–Trinajstić information content (AvgIpc) is 2.54. The van der Waals surface area contributed by atoms with E-state index in [-0.39, 0.29) is 17.7 Å². The van der Waals surface area contributed by atoms with E-state index >= 15 is 0 Å². The molecule has 1 aliphatic heterocycles. The predicted octanol–water partition coefficient (Wildman–Crippen LogP) is 2.20. The number of nitrogens with zero attached hydrogens (tertiary/aromatic N) is 1. The van der Waals surface area contributed by atoms with E-state index in [0.717, 1.165) is 11.3 Å². The number of ketones is 1. The van der Waals surface area contributed by atoms with Gasteiger partial charge in [-0.05, 0) is 17.5 Å². The third-order valence-electron chi connectivity index (χ3n) is 3.95. The van der Waals surface area contributed by atoms with Crippen molar-refractivity contribution in [2.75, 3.05) is 4.90 Å². The zero-order chi connectivity index (χ0) is 14.3. The summed E-state index contributed by atoms with van der Waals surface area (Å²) < 4.78 is 0. The van der Waals surface area contributed by atoms with Crippen molar-refractivity contribution in [3.8, 4) is 0 Å². The van der Waals surface area contributed by atoms with Crippen LogP contribution in [0.15, 0.2) is 48.1 Å². The number of hydrogen-bond donors (Lipinski definition) is 1. The van der Waals surface area contributed by atoms with E-state index in [1.165, 1.54) is 0 Å². The summed E-state index contributed by atoms with van der Waals surface area (Å²) in [7, 11) is 0. The molecule has 4 heteroatoms. The summed E-state index contributed by atoms with van der Waals surface area (Å²) in [5.74, 6) is 0.111. The predicted molar refractivity (Wildman–Crippen MR) is 77.4 cm³/mol. The summed E-state index contributed by atoms with van der Waals surface area (Å²) in [4.78, 5) is 26.0. The number of nitrogens with two attached hydrogens (primary N) is 1. The lowest BCUT2D eigenvalue weighted by Crippen LogP contribution is -2.48. The monoisotopic (exact) mass is 268 g/mol. The Hall–Kier alpha value is -2.36. The molecule has 0 radical (unpaired) electrons. The lowest BCUT2D eigenvalue weighted by molar-refractivity contribution is -0.115. The Balaban J connectivity index is 2.22. The Bertz CT molecular complexity index is 646. The van der Waals surface area contributed by atoms with Gasteiger partial charge in [0.1, 0.15) is 0 Å². The average molecular weight is 268 g/mol. The Morgan fingerprint density at radius 3 is 2.85 bits per heavy atom. The molecular formula is C16H16N2O2. The van der Waals surface area contributed by atoms with Crippen molar-refractivity contribution in [3.63, 3.8) is 0 Å². The second-order valence-electron chi connectivity index (χ2n) is 5.25. The second-order valence-corrected chi connectivity index (χ2v) is 5.25. The van der Waals surface area contributed by atoms with Crippen LogP contribution in [0.2, 0.25) is 0 Å². The number of anilines is 1. The molecule has 1 aromatic rings. The minimum atomic E-state index is -0.523. The van der Waals surface area contributed by atoms with Crippen molar-refractivity contribution in [2.24, 2.45) is 11.7 Å². The number of para-hydroxylation sites is 1. The highest BCUT2D eigenvalue weighted by atomic mass is 16.2. The summed E-state index contributed by atoms with van der Waals surface area (Å²) in [5.41, 5.74) is 7.84. The first-order valence-electron chi connectivity index (χ1n) is 6.67. The van der Waals surface area contributed by atoms with Crippen LogP contribution >= 0.6 is 0 Å². The Labute approximate surface area is 117 Å². The van der Waals surface area contributed by atoms with Crippen LogP contribution in [0.25, 0.3) is 0 Å². The number of hydrogen-bond acceptors (Lipinski definition) is 2. The van der Waals surface area contributed by atoms with E-state index in [1.54, 1.807) is 11.0 Å². The maximum Gasteiger partial charge on any atom is 0.319 e. The van der Waals surface area contributed by atoms with E-state index in [9.17, 15) is 9.59 Å². The van der Waals surface area contributed by atoms with Gasteiger partial charge in [-0.2, -0.15) is 0 Å². The van der Waals surface area contributed by atoms with Gasteiger partial charge in [0.15, 0.2) is 5.78 Å². The van der Waals surface area contributed by atoms with Gasteiger partial charge in [-0.15, -0.1) is 0 Å². The molecule has 102 valence electrons. The molecule has 2 atom stereocenters. The lowest BCUT2D eigenvalue weighted by atomic mass is 9.86. The van der Waals surface area contributed by atoms with Crippen LogP contribution in [-0.2, 0) is 11.2 Å². The van der Waals surface area contributed by atoms with Crippen LogP contribution in [0.4, 0.5) is 10.5 Å². The van der Waals surface area contributed by atoms with Crippen molar-refractivity contribution in [1.29, 1.82) is 0 Å². The highest BCUT2D eigenvalue weighted by molar-refractivity contribution is 6.05. The molecule has 1 heterocycles. The molecule has 2 amide bonds. The number of fused-ring (bicyclic) bond motifs is 2. The molecule has 4 nitrogen and oxygen atoms in total. The van der Waals surface area contributed by atoms with E-state index < -0.39 is 6.03 Å². The van der Waals surface area contributed by atoms with Gasteiger partial charge < -0.3 is 5.73 Å². The molecule has 0 bridgehead atoms. The van der Waals surface area contributed by atoms with Crippen LogP contribution in [0, 0.1) is 5.92 Å². The molecular weight excluding hydrogens is 252 g/mol. The molecule has 3 rings (SSSR count). The molecule has 0 saturated heterocycles. The first-order valence-corrected chi connectivity index (χ1v) is 6.67. The maximum atomic E-state index is 12.4. The van der Waals surface area contributed by atoms with E-state index in [4.69, 9.17) is 5.73 Å². The molecule has 2 unspecified atom stereocenters. The molecule has 2 N–H and O–H groups in total. The first kappa shape index (κ1) is 12.7. The molecule has 0 aromatic heterocycles. The molecule has 1 aromatic carbocycles. The van der Waals surface area contributed by atoms with Gasteiger partial charge in [0.25, 0.3) is 0 Å². The van der Waals surface area contributed by atoms with Gasteiger partial charge >= 0.3 is 6.03 Å². The Morgan fingerprint density at radius 1 is 1.35 bits per heavy atom. The van der Waals surface area contributed by atoms with Crippen LogP contribution in [0.3, 0.4) is 0 Å². The lowest BCUT2D eigenvalue weighted by Gasteiger charge is -2.34. The van der Waals surface area contributed by atoms with Crippen LogP contribution in [0.5, 0.6) is 0 Å². The minimum Gasteiger partial charge on any atom is -0.351 e. The third kappa shape index (κ3) is 1.84. The van der Waals surface area contributed by atoms with Crippen molar-refractivity contribution in [2.45, 2.75) is 19.4 Å². The van der Waals surface area contributed by atoms with Crippen molar-refractivity contribution in [1.82, 2.24) is 0 Å². The van der Waals surface area contributed by atoms with Gasteiger partial charge in [0, 0.05) is 17.7 Å². The zero-order valence-corrected chi connectivity index (χ0v) is 11.2. The maximum absolute atomic E-state index is 12.4. The normalized spacial score (nSPS) is 24.6. The van der Waals surface area contributed by atoms with Gasteiger partial charge in [-0.3, -0.25) is 9.69 Å². The molecule has 0 spiro atoms. The smallest absolute Gasteiger partial charge is 0.319 e. The van der Waals surface area contributed by atoms with Gasteiger partial charge in [0.2, 0.25) is 0 Å². The molecule has 0 saturated carbocycles. The second kappa shape index (κ2) is 4.63. The number of allylic oxidation sites excluding steroid dienone is 2. The van der Waals surface area contributed by atoms with Gasteiger partial charge in [-0.25, -0.2) is 4.79 Å². The fraction of sp³-hybridized carbons (Fsp3) is 0.250. The number of carbonyl (C=O) groups is 2. The summed E-state index contributed by atoms with van der Waals surface area (Å²) >= 11 is 0. The number of benzene rings is 1. The topological polar surface area (TPSA) is 63.4 Å². The number of urea groups is 1. The SMILES string of the molecule is CC1C=CC=C2C(=O)Cc3ccccc3N(C(N)=O)C21. The molecule has 2 aliphatic rings. The Kier molecular flexibility index (Phi) is 2.93. The van der Waals surface area contributed by atoms with Crippen LogP contribution < -0.4 is 10.6 Å². The van der Waals surface area contributed by atoms with Crippen LogP contribution in [0.1, 0.15) is 12.5 Å². The number of carbonyl (C=O) groups excluding carboxylic acids is 2. The third-order valence-corrected chi connectivity index (χ3v) is 3.95. The van der Waals surface area contributed by atoms with E-state index in [2.05, 4.69) is 0 Å². The Morgan fingerprint density at radius 2 is 2.10 bits per heavy atom. The number of amides is 2. The highest BCUT2D eigenvalue weighted by Crippen LogP contribution is 2.35. The molecule has 20 heavy (non-hydrogen) atoms. The standard InChI is InChI=1S/C16H16N2O2/c1-10-5-4-7-12-14(19)9-11-6-2-3-8-13(11)18(15(10)12)16(17)20/h2-8,10,15H,9H2,1H3,(H2,17,20). The van der Waals surface area contributed by atoms with Crippen molar-refractivity contribution >= 4 is 17.5 Å². The fourth-order valence-corrected chi connectivity index (χ4v) is 3.03. The van der Waals surface area contributed by atoms with Gasteiger partial charge in [-0.1, -0.05) is 43.4 Å².